The molecule has 1 aromatic carbocycles. The quantitative estimate of drug-likeness (QED) is 0.468. The molecule has 1 fully saturated rings. The largest absolute Gasteiger partial charge is 0.508 e. The summed E-state index contributed by atoms with van der Waals surface area (Å²) in [6, 6.07) is 10.7. The molecular formula is C22H30O5S2Si. The zero-order valence-corrected chi connectivity index (χ0v) is 20.6. The van der Waals surface area contributed by atoms with Crippen molar-refractivity contribution < 1.29 is 23.1 Å². The van der Waals surface area contributed by atoms with Crippen LogP contribution in [0.5, 0.6) is 5.75 Å². The van der Waals surface area contributed by atoms with Crippen molar-refractivity contribution in [1.82, 2.24) is 0 Å². The Bertz CT molecular complexity index is 1000. The van der Waals surface area contributed by atoms with Gasteiger partial charge < -0.3 is 9.84 Å². The molecular weight excluding hydrogens is 436 g/mol. The second-order valence-corrected chi connectivity index (χ2v) is 17.7. The van der Waals surface area contributed by atoms with Crippen LogP contribution in [0.4, 0.5) is 0 Å². The van der Waals surface area contributed by atoms with Gasteiger partial charge in [0, 0.05) is 9.75 Å². The molecule has 3 rings (SSSR count). The number of phenols is 1. The lowest BCUT2D eigenvalue weighted by molar-refractivity contribution is -0.144. The number of rotatable bonds is 6. The van der Waals surface area contributed by atoms with E-state index in [2.05, 4.69) is 19.6 Å². The van der Waals surface area contributed by atoms with Crippen LogP contribution >= 0.6 is 11.3 Å². The Balaban J connectivity index is 2.21. The highest BCUT2D eigenvalue weighted by Gasteiger charge is 2.60. The second kappa shape index (κ2) is 8.47. The van der Waals surface area contributed by atoms with Crippen molar-refractivity contribution in [1.29, 1.82) is 0 Å². The van der Waals surface area contributed by atoms with Crippen LogP contribution in [-0.2, 0) is 24.1 Å². The van der Waals surface area contributed by atoms with Crippen LogP contribution in [0.15, 0.2) is 36.4 Å². The third kappa shape index (κ3) is 4.09. The Labute approximate surface area is 184 Å². The van der Waals surface area contributed by atoms with Gasteiger partial charge in [0.1, 0.15) is 10.5 Å². The van der Waals surface area contributed by atoms with Gasteiger partial charge >= 0.3 is 5.97 Å². The zero-order valence-electron chi connectivity index (χ0n) is 18.0. The van der Waals surface area contributed by atoms with Crippen LogP contribution in [0.2, 0.25) is 25.2 Å². The highest BCUT2D eigenvalue weighted by atomic mass is 32.2. The molecule has 2 aromatic rings. The lowest BCUT2D eigenvalue weighted by atomic mass is 9.94. The number of ether oxygens (including phenoxy) is 1. The SMILES string of the molecule is CCOC(=O)C([C@]1(c2ccc(-c3ccc(O)cc3)s2)CCCCS1(=O)=O)[Si](C)(C)C. The van der Waals surface area contributed by atoms with Crippen LogP contribution in [0.3, 0.4) is 0 Å². The Morgan fingerprint density at radius 1 is 1.17 bits per heavy atom. The third-order valence-electron chi connectivity index (χ3n) is 5.80. The van der Waals surface area contributed by atoms with Gasteiger partial charge in [0.05, 0.1) is 26.0 Å². The summed E-state index contributed by atoms with van der Waals surface area (Å²) < 4.78 is 31.6. The molecule has 1 unspecified atom stereocenters. The molecule has 0 aliphatic carbocycles. The van der Waals surface area contributed by atoms with E-state index in [1.165, 1.54) is 11.3 Å². The van der Waals surface area contributed by atoms with E-state index >= 15 is 0 Å². The maximum Gasteiger partial charge on any atom is 0.308 e. The number of carbonyl (C=O) groups excluding carboxylic acids is 1. The molecule has 164 valence electrons. The maximum absolute atomic E-state index is 13.7. The van der Waals surface area contributed by atoms with E-state index < -0.39 is 28.2 Å². The summed E-state index contributed by atoms with van der Waals surface area (Å²) in [5, 5.41) is 9.57. The van der Waals surface area contributed by atoms with Gasteiger partial charge in [-0.1, -0.05) is 26.1 Å². The minimum atomic E-state index is -3.56. The molecule has 2 heterocycles. The van der Waals surface area contributed by atoms with E-state index in [0.29, 0.717) is 12.8 Å². The lowest BCUT2D eigenvalue weighted by Crippen LogP contribution is -2.54. The van der Waals surface area contributed by atoms with E-state index in [-0.39, 0.29) is 24.1 Å². The molecule has 1 aliphatic rings. The van der Waals surface area contributed by atoms with E-state index in [9.17, 15) is 18.3 Å². The van der Waals surface area contributed by atoms with Crippen molar-refractivity contribution in [3.05, 3.63) is 41.3 Å². The third-order valence-corrected chi connectivity index (χ3v) is 12.5. The summed E-state index contributed by atoms with van der Waals surface area (Å²) in [5.74, 6) is -0.107. The number of sulfone groups is 1. The van der Waals surface area contributed by atoms with E-state index in [1.54, 1.807) is 19.1 Å². The van der Waals surface area contributed by atoms with Crippen molar-refractivity contribution in [2.45, 2.75) is 56.1 Å². The van der Waals surface area contributed by atoms with Crippen molar-refractivity contribution >= 4 is 35.2 Å². The van der Waals surface area contributed by atoms with Crippen LogP contribution in [0, 0.1) is 0 Å². The minimum Gasteiger partial charge on any atom is -0.508 e. The Morgan fingerprint density at radius 3 is 2.40 bits per heavy atom. The van der Waals surface area contributed by atoms with Crippen LogP contribution in [-0.4, -0.2) is 39.9 Å². The number of hydrogen-bond acceptors (Lipinski definition) is 6. The molecule has 8 heteroatoms. The fourth-order valence-corrected chi connectivity index (χ4v) is 12.7. The van der Waals surface area contributed by atoms with Gasteiger partial charge in [0.2, 0.25) is 0 Å². The lowest BCUT2D eigenvalue weighted by Gasteiger charge is -2.45. The molecule has 1 N–H and O–H groups in total. The summed E-state index contributed by atoms with van der Waals surface area (Å²) in [5.41, 5.74) is 0.245. The number of aromatic hydroxyl groups is 1. The molecule has 0 amide bonds. The highest BCUT2D eigenvalue weighted by molar-refractivity contribution is 7.92. The molecule has 1 saturated heterocycles. The van der Waals surface area contributed by atoms with Gasteiger partial charge in [-0.2, -0.15) is 0 Å². The maximum atomic E-state index is 13.7. The zero-order chi connectivity index (χ0) is 22.2. The van der Waals surface area contributed by atoms with Gasteiger partial charge in [-0.15, -0.1) is 11.3 Å². The monoisotopic (exact) mass is 466 g/mol. The molecule has 0 bridgehead atoms. The highest BCUT2D eigenvalue weighted by Crippen LogP contribution is 2.55. The average molecular weight is 467 g/mol. The first-order valence-corrected chi connectivity index (χ1v) is 16.4. The van der Waals surface area contributed by atoms with Gasteiger partial charge in [-0.05, 0) is 61.7 Å². The fraction of sp³-hybridized carbons (Fsp3) is 0.500. The first-order chi connectivity index (χ1) is 14.0. The normalized spacial score (nSPS) is 22.4. The number of thiophene rings is 1. The standard InChI is InChI=1S/C22H30O5S2Si/c1-5-27-21(24)20(30(2,3)4)22(14-6-7-15-29(22,25)26)19-13-12-18(28-19)16-8-10-17(23)11-9-16/h8-13,20,23H,5-7,14-15H2,1-4H3/t20?,22-/m1/s1. The van der Waals surface area contributed by atoms with E-state index in [1.807, 2.05) is 24.3 Å². The van der Waals surface area contributed by atoms with Crippen molar-refractivity contribution in [3.63, 3.8) is 0 Å². The molecule has 1 aromatic heterocycles. The predicted octanol–water partition coefficient (Wildman–Crippen LogP) is 5.19. The van der Waals surface area contributed by atoms with Crippen molar-refractivity contribution in [3.8, 4) is 16.2 Å². The first-order valence-electron chi connectivity index (χ1n) is 10.3. The Kier molecular flexibility index (Phi) is 6.50. The molecule has 2 atom stereocenters. The minimum absolute atomic E-state index is 0.0971. The first kappa shape index (κ1) is 23.0. The van der Waals surface area contributed by atoms with Gasteiger partial charge in [-0.25, -0.2) is 8.42 Å². The van der Waals surface area contributed by atoms with Crippen molar-refractivity contribution in [2.24, 2.45) is 0 Å². The fourth-order valence-electron chi connectivity index (χ4n) is 4.58. The summed E-state index contributed by atoms with van der Waals surface area (Å²) in [4.78, 5) is 14.8. The van der Waals surface area contributed by atoms with Gasteiger partial charge in [-0.3, -0.25) is 4.79 Å². The summed E-state index contributed by atoms with van der Waals surface area (Å²) in [6.07, 6.45) is 1.84. The number of benzene rings is 1. The van der Waals surface area contributed by atoms with E-state index in [0.717, 1.165) is 21.7 Å². The average Bonchev–Trinajstić information content (AvgIpc) is 3.13. The summed E-state index contributed by atoms with van der Waals surface area (Å²) in [6.45, 7) is 8.15. The molecule has 5 nitrogen and oxygen atoms in total. The topological polar surface area (TPSA) is 80.7 Å². The summed E-state index contributed by atoms with van der Waals surface area (Å²) >= 11 is 1.43. The molecule has 1 aliphatic heterocycles. The van der Waals surface area contributed by atoms with Gasteiger partial charge in [0.25, 0.3) is 0 Å². The molecule has 0 spiro atoms. The number of hydrogen-bond donors (Lipinski definition) is 1. The van der Waals surface area contributed by atoms with Crippen LogP contribution in [0.1, 0.15) is 31.1 Å². The van der Waals surface area contributed by atoms with Crippen LogP contribution in [0.25, 0.3) is 10.4 Å². The molecule has 0 saturated carbocycles. The number of esters is 1. The second-order valence-electron chi connectivity index (χ2n) is 8.93. The summed E-state index contributed by atoms with van der Waals surface area (Å²) in [7, 11) is -5.83. The molecule has 30 heavy (non-hydrogen) atoms. The van der Waals surface area contributed by atoms with Gasteiger partial charge in [0.15, 0.2) is 9.84 Å². The Morgan fingerprint density at radius 2 is 1.83 bits per heavy atom. The Hall–Kier alpha value is -1.64. The van der Waals surface area contributed by atoms with Crippen LogP contribution < -0.4 is 0 Å². The number of phenolic OH excluding ortho intramolecular Hbond substituents is 1. The van der Waals surface area contributed by atoms with E-state index in [4.69, 9.17) is 4.74 Å². The number of carbonyl (C=O) groups is 1. The smallest absolute Gasteiger partial charge is 0.308 e. The molecule has 0 radical (unpaired) electrons. The predicted molar refractivity (Wildman–Crippen MR) is 124 cm³/mol. The van der Waals surface area contributed by atoms with Crippen molar-refractivity contribution in [2.75, 3.05) is 12.4 Å².